The molecule has 1 amide bonds. The third kappa shape index (κ3) is 4.65. The average molecular weight is 433 g/mol. The molecule has 1 atom stereocenters. The lowest BCUT2D eigenvalue weighted by atomic mass is 10.1. The molecule has 1 saturated heterocycles. The van der Waals surface area contributed by atoms with Crippen LogP contribution in [-0.4, -0.2) is 49.6 Å². The molecular weight excluding hydrogens is 413 g/mol. The van der Waals surface area contributed by atoms with Crippen molar-refractivity contribution in [2.75, 3.05) is 18.5 Å². The van der Waals surface area contributed by atoms with Crippen molar-refractivity contribution in [2.45, 2.75) is 35.5 Å². The SMILES string of the molecule is O=C(Nc1ccc(F)cn1)/C(=N/O[C@@H]1CCOC1)c1ccc(S(=O)(=O)C2CC2)cc1. The number of amides is 1. The summed E-state index contributed by atoms with van der Waals surface area (Å²) in [5.41, 5.74) is 0.326. The predicted molar refractivity (Wildman–Crippen MR) is 106 cm³/mol. The zero-order valence-corrected chi connectivity index (χ0v) is 16.8. The second-order valence-corrected chi connectivity index (χ2v) is 9.34. The Bertz CT molecular complexity index is 1040. The molecule has 1 aromatic carbocycles. The van der Waals surface area contributed by atoms with E-state index in [1.807, 2.05) is 0 Å². The number of aromatic nitrogens is 1. The molecule has 0 radical (unpaired) electrons. The predicted octanol–water partition coefficient (Wildman–Crippen LogP) is 2.31. The van der Waals surface area contributed by atoms with Gasteiger partial charge in [0.1, 0.15) is 11.6 Å². The van der Waals surface area contributed by atoms with E-state index in [-0.39, 0.29) is 27.8 Å². The topological polar surface area (TPSA) is 107 Å². The average Bonchev–Trinajstić information content (AvgIpc) is 3.48. The lowest BCUT2D eigenvalue weighted by molar-refractivity contribution is -0.110. The second-order valence-electron chi connectivity index (χ2n) is 7.12. The van der Waals surface area contributed by atoms with Crippen molar-refractivity contribution < 1.29 is 27.2 Å². The van der Waals surface area contributed by atoms with Crippen molar-refractivity contribution in [3.63, 3.8) is 0 Å². The van der Waals surface area contributed by atoms with E-state index in [0.717, 1.165) is 6.20 Å². The van der Waals surface area contributed by atoms with Gasteiger partial charge in [0.25, 0.3) is 5.91 Å². The van der Waals surface area contributed by atoms with Gasteiger partial charge in [-0.1, -0.05) is 17.3 Å². The first kappa shape index (κ1) is 20.4. The van der Waals surface area contributed by atoms with Gasteiger partial charge in [0.2, 0.25) is 0 Å². The fourth-order valence-electron chi connectivity index (χ4n) is 2.95. The van der Waals surface area contributed by atoms with E-state index < -0.39 is 21.6 Å². The van der Waals surface area contributed by atoms with Gasteiger partial charge < -0.3 is 14.9 Å². The maximum absolute atomic E-state index is 13.1. The summed E-state index contributed by atoms with van der Waals surface area (Å²) in [6.07, 6.45) is 2.70. The molecule has 0 unspecified atom stereocenters. The van der Waals surface area contributed by atoms with Crippen LogP contribution in [-0.2, 0) is 24.2 Å². The van der Waals surface area contributed by atoms with E-state index in [1.54, 1.807) is 0 Å². The van der Waals surface area contributed by atoms with Gasteiger partial charge in [-0.3, -0.25) is 4.79 Å². The number of anilines is 1. The minimum Gasteiger partial charge on any atom is -0.389 e. The van der Waals surface area contributed by atoms with E-state index in [0.29, 0.717) is 38.0 Å². The van der Waals surface area contributed by atoms with Gasteiger partial charge in [-0.2, -0.15) is 0 Å². The summed E-state index contributed by atoms with van der Waals surface area (Å²) in [6, 6.07) is 8.44. The minimum absolute atomic E-state index is 0.0524. The minimum atomic E-state index is -3.34. The molecule has 1 saturated carbocycles. The molecule has 158 valence electrons. The van der Waals surface area contributed by atoms with Gasteiger partial charge in [0.05, 0.1) is 29.6 Å². The van der Waals surface area contributed by atoms with Crippen molar-refractivity contribution in [2.24, 2.45) is 5.16 Å². The maximum Gasteiger partial charge on any atom is 0.279 e. The number of hydrogen-bond acceptors (Lipinski definition) is 7. The standard InChI is InChI=1S/C20H20FN3O5S/c21-14-3-8-18(22-11-14)23-20(25)19(24-29-15-9-10-28-12-15)13-1-4-16(5-2-13)30(26,27)17-6-7-17/h1-5,8,11,15,17H,6-7,9-10,12H2,(H,22,23,25)/b24-19+/t15-/m1/s1. The number of nitrogens with zero attached hydrogens (tertiary/aromatic N) is 2. The molecule has 0 bridgehead atoms. The number of oxime groups is 1. The van der Waals surface area contributed by atoms with Crippen LogP contribution in [0.25, 0.3) is 0 Å². The van der Waals surface area contributed by atoms with Crippen molar-refractivity contribution in [1.82, 2.24) is 4.98 Å². The molecule has 30 heavy (non-hydrogen) atoms. The van der Waals surface area contributed by atoms with E-state index in [1.165, 1.54) is 36.4 Å². The summed E-state index contributed by atoms with van der Waals surface area (Å²) in [4.78, 5) is 22.3. The van der Waals surface area contributed by atoms with Crippen molar-refractivity contribution in [3.8, 4) is 0 Å². The number of pyridine rings is 1. The highest BCUT2D eigenvalue weighted by Gasteiger charge is 2.36. The van der Waals surface area contributed by atoms with Gasteiger partial charge in [-0.25, -0.2) is 17.8 Å². The first-order chi connectivity index (χ1) is 14.4. The Hall–Kier alpha value is -2.85. The van der Waals surface area contributed by atoms with Crippen LogP contribution in [0.2, 0.25) is 0 Å². The summed E-state index contributed by atoms with van der Waals surface area (Å²) < 4.78 is 43.1. The van der Waals surface area contributed by atoms with Crippen molar-refractivity contribution >= 4 is 27.3 Å². The lowest BCUT2D eigenvalue weighted by Crippen LogP contribution is -2.25. The van der Waals surface area contributed by atoms with Crippen LogP contribution in [0.1, 0.15) is 24.8 Å². The zero-order chi connectivity index (χ0) is 21.1. The van der Waals surface area contributed by atoms with Gasteiger partial charge in [-0.05, 0) is 37.1 Å². The molecule has 2 heterocycles. The summed E-state index contributed by atoms with van der Waals surface area (Å²) in [5.74, 6) is -1.00. The molecule has 1 N–H and O–H groups in total. The first-order valence-electron chi connectivity index (χ1n) is 9.52. The Labute approximate surface area is 173 Å². The normalized spacial score (nSPS) is 19.5. The highest BCUT2D eigenvalue weighted by atomic mass is 32.2. The van der Waals surface area contributed by atoms with Crippen LogP contribution in [0, 0.1) is 5.82 Å². The van der Waals surface area contributed by atoms with Crippen molar-refractivity contribution in [3.05, 3.63) is 54.0 Å². The molecule has 10 heteroatoms. The molecule has 0 spiro atoms. The Kier molecular flexibility index (Phi) is 5.78. The van der Waals surface area contributed by atoms with Gasteiger partial charge in [-0.15, -0.1) is 0 Å². The summed E-state index contributed by atoms with van der Waals surface area (Å²) in [5, 5.41) is 6.22. The Morgan fingerprint density at radius 3 is 2.53 bits per heavy atom. The number of carbonyl (C=O) groups is 1. The number of sulfone groups is 1. The highest BCUT2D eigenvalue weighted by Crippen LogP contribution is 2.33. The number of rotatable bonds is 7. The highest BCUT2D eigenvalue weighted by molar-refractivity contribution is 7.92. The zero-order valence-electron chi connectivity index (χ0n) is 16.0. The number of benzene rings is 1. The quantitative estimate of drug-likeness (QED) is 0.530. The van der Waals surface area contributed by atoms with Crippen LogP contribution >= 0.6 is 0 Å². The van der Waals surface area contributed by atoms with E-state index in [9.17, 15) is 17.6 Å². The fraction of sp³-hybridized carbons (Fsp3) is 0.350. The van der Waals surface area contributed by atoms with Gasteiger partial charge in [0, 0.05) is 12.0 Å². The molecule has 2 aromatic rings. The van der Waals surface area contributed by atoms with Gasteiger partial charge >= 0.3 is 0 Å². The van der Waals surface area contributed by atoms with Gasteiger partial charge in [0.15, 0.2) is 21.7 Å². The van der Waals surface area contributed by atoms with E-state index >= 15 is 0 Å². The molecule has 1 aliphatic heterocycles. The van der Waals surface area contributed by atoms with Crippen LogP contribution in [0.15, 0.2) is 52.6 Å². The molecular formula is C20H20FN3O5S. The fourth-order valence-corrected chi connectivity index (χ4v) is 4.60. The van der Waals surface area contributed by atoms with Crippen LogP contribution < -0.4 is 5.32 Å². The van der Waals surface area contributed by atoms with Crippen LogP contribution in [0.3, 0.4) is 0 Å². The molecule has 1 aromatic heterocycles. The Balaban J connectivity index is 1.58. The van der Waals surface area contributed by atoms with Crippen molar-refractivity contribution in [1.29, 1.82) is 0 Å². The van der Waals surface area contributed by atoms with Crippen LogP contribution in [0.5, 0.6) is 0 Å². The number of ether oxygens (including phenoxy) is 1. The lowest BCUT2D eigenvalue weighted by Gasteiger charge is -2.11. The van der Waals surface area contributed by atoms with Crippen LogP contribution in [0.4, 0.5) is 10.2 Å². The first-order valence-corrected chi connectivity index (χ1v) is 11.1. The second kappa shape index (κ2) is 8.49. The number of nitrogens with one attached hydrogen (secondary N) is 1. The monoisotopic (exact) mass is 433 g/mol. The number of halogens is 1. The number of carbonyl (C=O) groups excluding carboxylic acids is 1. The molecule has 1 aliphatic carbocycles. The smallest absolute Gasteiger partial charge is 0.279 e. The third-order valence-electron chi connectivity index (χ3n) is 4.78. The van der Waals surface area contributed by atoms with E-state index in [2.05, 4.69) is 15.5 Å². The Morgan fingerprint density at radius 2 is 1.93 bits per heavy atom. The number of hydrogen-bond donors (Lipinski definition) is 1. The summed E-state index contributed by atoms with van der Waals surface area (Å²) >= 11 is 0. The maximum atomic E-state index is 13.1. The third-order valence-corrected chi connectivity index (χ3v) is 7.06. The summed E-state index contributed by atoms with van der Waals surface area (Å²) in [6.45, 7) is 0.922. The molecule has 2 fully saturated rings. The molecule has 8 nitrogen and oxygen atoms in total. The Morgan fingerprint density at radius 1 is 1.17 bits per heavy atom. The van der Waals surface area contributed by atoms with E-state index in [4.69, 9.17) is 9.57 Å². The summed E-state index contributed by atoms with van der Waals surface area (Å²) in [7, 11) is -3.34. The largest absolute Gasteiger partial charge is 0.389 e. The molecule has 2 aliphatic rings. The molecule has 4 rings (SSSR count).